The van der Waals surface area contributed by atoms with E-state index in [1.807, 2.05) is 6.07 Å². The van der Waals surface area contributed by atoms with Gasteiger partial charge in [0.25, 0.3) is 21.6 Å². The predicted molar refractivity (Wildman–Crippen MR) is 114 cm³/mol. The summed E-state index contributed by atoms with van der Waals surface area (Å²) in [5, 5.41) is 13.7. The maximum Gasteiger partial charge on any atom is 0.294 e. The Morgan fingerprint density at radius 1 is 1.27 bits per heavy atom. The molecule has 1 atom stereocenters. The lowest BCUT2D eigenvalue weighted by Crippen LogP contribution is -2.33. The molecule has 0 unspecified atom stereocenters. The number of carbonyl (C=O) groups is 1. The predicted octanol–water partition coefficient (Wildman–Crippen LogP) is 2.15. The lowest BCUT2D eigenvalue weighted by atomic mass is 9.98. The van der Waals surface area contributed by atoms with Crippen LogP contribution in [0, 0.1) is 6.92 Å². The maximum absolute atomic E-state index is 13.0. The van der Waals surface area contributed by atoms with E-state index in [4.69, 9.17) is 4.74 Å². The molecule has 0 aliphatic carbocycles. The van der Waals surface area contributed by atoms with E-state index in [0.29, 0.717) is 28.2 Å². The molecule has 4 rings (SSSR count). The molecule has 9 nitrogen and oxygen atoms in total. The fourth-order valence-electron chi connectivity index (χ4n) is 3.52. The second-order valence-electron chi connectivity index (χ2n) is 7.37. The molecule has 0 spiro atoms. The SMILES string of the molecule is Cc1nc(OCC(F)F)sc1S(=O)(=O)n1cc2c(n1)CN(C(=O)[C@H](CO)c1ccccc1)C2. The quantitative estimate of drug-likeness (QED) is 0.506. The van der Waals surface area contributed by atoms with Crippen molar-refractivity contribution in [3.63, 3.8) is 0 Å². The Morgan fingerprint density at radius 3 is 2.64 bits per heavy atom. The number of carbonyl (C=O) groups excluding carboxylic acids is 1. The van der Waals surface area contributed by atoms with Gasteiger partial charge in [0.1, 0.15) is 0 Å². The summed E-state index contributed by atoms with van der Waals surface area (Å²) in [6.07, 6.45) is -1.38. The second kappa shape index (κ2) is 9.15. The van der Waals surface area contributed by atoms with Gasteiger partial charge in [-0.15, -0.1) is 0 Å². The summed E-state index contributed by atoms with van der Waals surface area (Å²) in [5.41, 5.74) is 1.79. The van der Waals surface area contributed by atoms with E-state index >= 15 is 0 Å². The molecular formula is C20H20F2N4O5S2. The number of benzene rings is 1. The number of halogens is 2. The van der Waals surface area contributed by atoms with E-state index in [9.17, 15) is 27.1 Å². The fraction of sp³-hybridized carbons (Fsp3) is 0.350. The fourth-order valence-corrected chi connectivity index (χ4v) is 6.10. The number of ether oxygens (including phenoxy) is 1. The summed E-state index contributed by atoms with van der Waals surface area (Å²) in [5.74, 6) is -1.01. The van der Waals surface area contributed by atoms with Crippen LogP contribution in [0.2, 0.25) is 0 Å². The first-order valence-electron chi connectivity index (χ1n) is 9.86. The largest absolute Gasteiger partial charge is 0.464 e. The first kappa shape index (κ1) is 23.3. The third-order valence-corrected chi connectivity index (χ3v) is 8.29. The van der Waals surface area contributed by atoms with Crippen LogP contribution in [0.1, 0.15) is 28.4 Å². The van der Waals surface area contributed by atoms with Gasteiger partial charge in [0.05, 0.1) is 30.5 Å². The minimum Gasteiger partial charge on any atom is -0.464 e. The highest BCUT2D eigenvalue weighted by Crippen LogP contribution is 2.32. The van der Waals surface area contributed by atoms with Gasteiger partial charge in [-0.05, 0) is 12.5 Å². The van der Waals surface area contributed by atoms with Gasteiger partial charge in [-0.2, -0.15) is 17.6 Å². The highest BCUT2D eigenvalue weighted by molar-refractivity contribution is 7.92. The number of hydrogen-bond donors (Lipinski definition) is 1. The van der Waals surface area contributed by atoms with Crippen molar-refractivity contribution >= 4 is 27.3 Å². The monoisotopic (exact) mass is 498 g/mol. The van der Waals surface area contributed by atoms with E-state index in [0.717, 1.165) is 4.09 Å². The zero-order valence-corrected chi connectivity index (χ0v) is 19.0. The molecule has 0 bridgehead atoms. The summed E-state index contributed by atoms with van der Waals surface area (Å²) >= 11 is 0.646. The minimum atomic E-state index is -4.12. The van der Waals surface area contributed by atoms with Crippen molar-refractivity contribution in [2.75, 3.05) is 13.2 Å². The Balaban J connectivity index is 1.51. The van der Waals surface area contributed by atoms with Crippen molar-refractivity contribution in [3.05, 3.63) is 59.0 Å². The van der Waals surface area contributed by atoms with Crippen LogP contribution >= 0.6 is 11.3 Å². The smallest absolute Gasteiger partial charge is 0.294 e. The highest BCUT2D eigenvalue weighted by atomic mass is 32.2. The minimum absolute atomic E-state index is 0.102. The molecular weight excluding hydrogens is 478 g/mol. The molecule has 13 heteroatoms. The summed E-state index contributed by atoms with van der Waals surface area (Å²) in [6, 6.07) is 8.90. The number of fused-ring (bicyclic) bond motifs is 1. The number of nitrogens with zero attached hydrogens (tertiary/aromatic N) is 4. The first-order chi connectivity index (χ1) is 15.7. The van der Waals surface area contributed by atoms with Gasteiger partial charge in [0, 0.05) is 18.3 Å². The summed E-state index contributed by atoms with van der Waals surface area (Å²) in [7, 11) is -4.12. The Hall–Kier alpha value is -2.90. The second-order valence-corrected chi connectivity index (χ2v) is 10.3. The molecule has 1 amide bonds. The van der Waals surface area contributed by atoms with Gasteiger partial charge >= 0.3 is 0 Å². The molecule has 0 fully saturated rings. The Morgan fingerprint density at radius 2 is 2.00 bits per heavy atom. The number of aliphatic hydroxyl groups is 1. The van der Waals surface area contributed by atoms with Gasteiger partial charge in [0.2, 0.25) is 5.91 Å². The molecule has 176 valence electrons. The summed E-state index contributed by atoms with van der Waals surface area (Å²) in [6.45, 7) is 0.451. The van der Waals surface area contributed by atoms with Crippen molar-refractivity contribution in [2.45, 2.75) is 36.6 Å². The lowest BCUT2D eigenvalue weighted by molar-refractivity contribution is -0.134. The van der Waals surface area contributed by atoms with Crippen LogP contribution in [0.25, 0.3) is 0 Å². The molecule has 0 saturated heterocycles. The molecule has 1 aliphatic heterocycles. The first-order valence-corrected chi connectivity index (χ1v) is 12.1. The van der Waals surface area contributed by atoms with Crippen molar-refractivity contribution in [2.24, 2.45) is 0 Å². The molecule has 1 N–H and O–H groups in total. The summed E-state index contributed by atoms with van der Waals surface area (Å²) in [4.78, 5) is 18.4. The van der Waals surface area contributed by atoms with Crippen LogP contribution in [0.5, 0.6) is 5.19 Å². The number of aryl methyl sites for hydroxylation is 1. The third-order valence-electron chi connectivity index (χ3n) is 5.10. The number of hydrogen-bond acceptors (Lipinski definition) is 8. The Bertz CT molecular complexity index is 1240. The molecule has 0 radical (unpaired) electrons. The zero-order valence-electron chi connectivity index (χ0n) is 17.4. The van der Waals surface area contributed by atoms with Gasteiger partial charge in [-0.3, -0.25) is 4.79 Å². The number of thiazole rings is 1. The van der Waals surface area contributed by atoms with Crippen LogP contribution in [0.3, 0.4) is 0 Å². The number of alkyl halides is 2. The number of aromatic nitrogens is 3. The topological polar surface area (TPSA) is 115 Å². The number of rotatable bonds is 8. The van der Waals surface area contributed by atoms with Gasteiger partial charge in [-0.1, -0.05) is 41.7 Å². The van der Waals surface area contributed by atoms with E-state index in [-0.39, 0.29) is 40.7 Å². The molecule has 33 heavy (non-hydrogen) atoms. The average molecular weight is 499 g/mol. The lowest BCUT2D eigenvalue weighted by Gasteiger charge is -2.22. The molecule has 0 saturated carbocycles. The van der Waals surface area contributed by atoms with E-state index in [1.54, 1.807) is 24.3 Å². The van der Waals surface area contributed by atoms with Gasteiger partial charge in [-0.25, -0.2) is 13.8 Å². The molecule has 1 aromatic carbocycles. The van der Waals surface area contributed by atoms with Crippen molar-refractivity contribution in [1.29, 1.82) is 0 Å². The maximum atomic E-state index is 13.0. The average Bonchev–Trinajstić information content (AvgIpc) is 3.47. The zero-order chi connectivity index (χ0) is 23.8. The third kappa shape index (κ3) is 4.61. The van der Waals surface area contributed by atoms with Crippen molar-refractivity contribution in [3.8, 4) is 5.19 Å². The van der Waals surface area contributed by atoms with E-state index in [2.05, 4.69) is 10.1 Å². The van der Waals surface area contributed by atoms with Crippen LogP contribution in [-0.2, 0) is 27.9 Å². The normalized spacial score (nSPS) is 14.5. The molecule has 1 aliphatic rings. The number of amides is 1. The molecule has 2 aromatic heterocycles. The highest BCUT2D eigenvalue weighted by Gasteiger charge is 2.34. The van der Waals surface area contributed by atoms with Crippen LogP contribution in [-0.4, -0.2) is 58.1 Å². The van der Waals surface area contributed by atoms with Crippen LogP contribution in [0.4, 0.5) is 8.78 Å². The standard InChI is InChI=1S/C20H20F2N4O5S2/c1-12-19(32-20(23-12)31-11-17(21)22)33(29,30)26-8-14-7-25(9-16(14)24-26)18(28)15(10-27)13-5-3-2-4-6-13/h2-6,8,15,17,27H,7,9-11H2,1H3/t15-/m1/s1. The van der Waals surface area contributed by atoms with Crippen molar-refractivity contribution < 1.29 is 31.8 Å². The van der Waals surface area contributed by atoms with Crippen LogP contribution < -0.4 is 4.74 Å². The summed E-state index contributed by atoms with van der Waals surface area (Å²) < 4.78 is 56.2. The molecule has 3 aromatic rings. The van der Waals surface area contributed by atoms with Crippen LogP contribution in [0.15, 0.2) is 40.7 Å². The Labute approximate surface area is 192 Å². The van der Waals surface area contributed by atoms with Gasteiger partial charge in [0.15, 0.2) is 10.8 Å². The van der Waals surface area contributed by atoms with Gasteiger partial charge < -0.3 is 14.7 Å². The molecule has 3 heterocycles. The Kier molecular flexibility index (Phi) is 6.45. The van der Waals surface area contributed by atoms with Crippen molar-refractivity contribution in [1.82, 2.24) is 19.1 Å². The van der Waals surface area contributed by atoms with E-state index < -0.39 is 29.0 Å². The number of aliphatic hydroxyl groups excluding tert-OH is 1. The van der Waals surface area contributed by atoms with E-state index in [1.165, 1.54) is 18.0 Å².